The van der Waals surface area contributed by atoms with E-state index in [1.54, 1.807) is 19.2 Å². The van der Waals surface area contributed by atoms with Crippen LogP contribution in [0, 0.1) is 10.1 Å². The standard InChI is InChI=1S/C44H32N4O4S/c1-52-35-23-16-31(17-24-35)42-37-25-18-28-10-8-9-15-36(28)40(37)45-44-47(42)43(49)39(53-44)27-32-26-38(29-11-4-2-5-12-29)46(41(32)30-13-6-3-7-14-30)33-19-21-34(22-20-33)48(50)51/h2-17,19-24,26-27,42H,18,25H2,1H3/b39-27+/t42-/m1/s1. The number of nitro groups is 1. The van der Waals surface area contributed by atoms with E-state index in [0.717, 1.165) is 74.8 Å². The van der Waals surface area contributed by atoms with Crippen molar-refractivity contribution in [2.24, 2.45) is 4.99 Å². The second-order valence-corrected chi connectivity index (χ2v) is 14.1. The summed E-state index contributed by atoms with van der Waals surface area (Å²) in [4.78, 5) is 31.8. The van der Waals surface area contributed by atoms with Crippen molar-refractivity contribution in [3.63, 3.8) is 0 Å². The minimum Gasteiger partial charge on any atom is -0.497 e. The van der Waals surface area contributed by atoms with Gasteiger partial charge in [0.1, 0.15) is 5.75 Å². The fraction of sp³-hybridized carbons (Fsp3) is 0.0909. The van der Waals surface area contributed by atoms with Gasteiger partial charge in [-0.15, -0.1) is 0 Å². The third-order valence-corrected chi connectivity index (χ3v) is 11.0. The molecule has 1 aliphatic heterocycles. The van der Waals surface area contributed by atoms with Gasteiger partial charge in [0, 0.05) is 28.9 Å². The number of allylic oxidation sites excluding steroid dienone is 1. The quantitative estimate of drug-likeness (QED) is 0.123. The number of non-ortho nitro benzene ring substituents is 1. The maximum Gasteiger partial charge on any atom is 0.271 e. The SMILES string of the molecule is COc1ccc([C@@H]2C3=C(N=c4s/c(=C/c5cc(-c6ccccc6)n(-c6ccc([N+](=O)[O-])cc6)c5-c5ccccc5)c(=O)n42)c2ccccc2CC3)cc1. The number of aryl methyl sites for hydroxylation is 1. The molecule has 2 aliphatic rings. The molecule has 5 aromatic carbocycles. The van der Waals surface area contributed by atoms with Gasteiger partial charge in [0.05, 0.1) is 39.7 Å². The van der Waals surface area contributed by atoms with Crippen LogP contribution in [-0.2, 0) is 6.42 Å². The van der Waals surface area contributed by atoms with Crippen LogP contribution in [0.25, 0.3) is 40.0 Å². The monoisotopic (exact) mass is 712 g/mol. The van der Waals surface area contributed by atoms with Crippen molar-refractivity contribution in [3.05, 3.63) is 197 Å². The molecule has 1 atom stereocenters. The lowest BCUT2D eigenvalue weighted by atomic mass is 9.83. The number of aromatic nitrogens is 2. The Morgan fingerprint density at radius 3 is 2.21 bits per heavy atom. The zero-order chi connectivity index (χ0) is 36.1. The smallest absolute Gasteiger partial charge is 0.271 e. The van der Waals surface area contributed by atoms with E-state index in [-0.39, 0.29) is 17.3 Å². The summed E-state index contributed by atoms with van der Waals surface area (Å²) in [6.07, 6.45) is 3.65. The summed E-state index contributed by atoms with van der Waals surface area (Å²) < 4.78 is 10.0. The van der Waals surface area contributed by atoms with Crippen LogP contribution >= 0.6 is 11.3 Å². The van der Waals surface area contributed by atoms with E-state index in [2.05, 4.69) is 28.8 Å². The maximum atomic E-state index is 14.8. The molecule has 0 spiro atoms. The maximum absolute atomic E-state index is 14.8. The summed E-state index contributed by atoms with van der Waals surface area (Å²) in [7, 11) is 1.65. The van der Waals surface area contributed by atoms with Crippen LogP contribution in [0.15, 0.2) is 155 Å². The van der Waals surface area contributed by atoms with E-state index in [1.807, 2.05) is 102 Å². The minimum absolute atomic E-state index is 0.0153. The molecule has 2 aromatic heterocycles. The fourth-order valence-corrected chi connectivity index (χ4v) is 8.59. The number of fused-ring (bicyclic) bond motifs is 3. The van der Waals surface area contributed by atoms with E-state index in [0.29, 0.717) is 9.33 Å². The predicted molar refractivity (Wildman–Crippen MR) is 209 cm³/mol. The Morgan fingerprint density at radius 2 is 1.51 bits per heavy atom. The van der Waals surface area contributed by atoms with Gasteiger partial charge in [-0.3, -0.25) is 19.5 Å². The molecule has 7 aromatic rings. The molecule has 0 saturated carbocycles. The van der Waals surface area contributed by atoms with Gasteiger partial charge >= 0.3 is 0 Å². The first kappa shape index (κ1) is 32.3. The molecule has 0 saturated heterocycles. The van der Waals surface area contributed by atoms with Crippen LogP contribution in [0.4, 0.5) is 5.69 Å². The molecule has 0 fully saturated rings. The average Bonchev–Trinajstić information content (AvgIpc) is 3.74. The molecule has 9 heteroatoms. The van der Waals surface area contributed by atoms with E-state index < -0.39 is 4.92 Å². The number of thiazole rings is 1. The zero-order valence-corrected chi connectivity index (χ0v) is 29.5. The summed E-state index contributed by atoms with van der Waals surface area (Å²) in [5, 5.41) is 11.6. The van der Waals surface area contributed by atoms with Crippen LogP contribution in [0.3, 0.4) is 0 Å². The number of nitro benzene ring substituents is 1. The second-order valence-electron chi connectivity index (χ2n) is 13.1. The van der Waals surface area contributed by atoms with Crippen molar-refractivity contribution in [1.29, 1.82) is 0 Å². The zero-order valence-electron chi connectivity index (χ0n) is 28.7. The molecule has 9 rings (SSSR count). The topological polar surface area (TPSA) is 91.7 Å². The molecule has 0 radical (unpaired) electrons. The Hall–Kier alpha value is -6.58. The molecule has 8 nitrogen and oxygen atoms in total. The number of ether oxygens (including phenoxy) is 1. The third kappa shape index (κ3) is 5.62. The van der Waals surface area contributed by atoms with Gasteiger partial charge in [0.15, 0.2) is 4.80 Å². The molecule has 0 N–H and O–H groups in total. The largest absolute Gasteiger partial charge is 0.497 e. The van der Waals surface area contributed by atoms with Gasteiger partial charge in [-0.25, -0.2) is 4.99 Å². The molecule has 0 unspecified atom stereocenters. The summed E-state index contributed by atoms with van der Waals surface area (Å²) in [5.74, 6) is 0.754. The Balaban J connectivity index is 1.31. The molecular formula is C44H32N4O4S. The summed E-state index contributed by atoms with van der Waals surface area (Å²) in [6, 6.07) is 44.8. The fourth-order valence-electron chi connectivity index (χ4n) is 7.59. The van der Waals surface area contributed by atoms with Gasteiger partial charge in [0.2, 0.25) is 0 Å². The highest BCUT2D eigenvalue weighted by Gasteiger charge is 2.33. The predicted octanol–water partition coefficient (Wildman–Crippen LogP) is 8.36. The summed E-state index contributed by atoms with van der Waals surface area (Å²) >= 11 is 1.39. The van der Waals surface area contributed by atoms with Crippen LogP contribution in [0.1, 0.15) is 34.7 Å². The van der Waals surface area contributed by atoms with Gasteiger partial charge < -0.3 is 9.30 Å². The van der Waals surface area contributed by atoms with Crippen LogP contribution in [0.5, 0.6) is 5.75 Å². The highest BCUT2D eigenvalue weighted by Crippen LogP contribution is 2.42. The first-order valence-corrected chi connectivity index (χ1v) is 18.2. The highest BCUT2D eigenvalue weighted by molar-refractivity contribution is 7.07. The molecular weight excluding hydrogens is 681 g/mol. The van der Waals surface area contributed by atoms with Crippen molar-refractivity contribution in [3.8, 4) is 34.0 Å². The van der Waals surface area contributed by atoms with Crippen molar-refractivity contribution in [2.75, 3.05) is 7.11 Å². The second kappa shape index (κ2) is 13.2. The van der Waals surface area contributed by atoms with E-state index in [1.165, 1.54) is 29.0 Å². The Labute approximate surface area is 308 Å². The van der Waals surface area contributed by atoms with Gasteiger partial charge in [0.25, 0.3) is 11.2 Å². The number of hydrogen-bond acceptors (Lipinski definition) is 6. The average molecular weight is 713 g/mol. The molecule has 3 heterocycles. The van der Waals surface area contributed by atoms with Crippen molar-refractivity contribution >= 4 is 28.8 Å². The van der Waals surface area contributed by atoms with Crippen LogP contribution in [-0.4, -0.2) is 21.2 Å². The lowest BCUT2D eigenvalue weighted by Crippen LogP contribution is -2.38. The number of hydrogen-bond donors (Lipinski definition) is 0. The molecule has 258 valence electrons. The van der Waals surface area contributed by atoms with E-state index >= 15 is 0 Å². The first-order valence-electron chi connectivity index (χ1n) is 17.4. The number of nitrogens with zero attached hydrogens (tertiary/aromatic N) is 4. The van der Waals surface area contributed by atoms with Crippen molar-refractivity contribution in [2.45, 2.75) is 18.9 Å². The highest BCUT2D eigenvalue weighted by atomic mass is 32.1. The lowest BCUT2D eigenvalue weighted by molar-refractivity contribution is -0.384. The first-order chi connectivity index (χ1) is 26.0. The Bertz CT molecular complexity index is 2750. The third-order valence-electron chi connectivity index (χ3n) is 10.1. The minimum atomic E-state index is -0.392. The molecule has 53 heavy (non-hydrogen) atoms. The van der Waals surface area contributed by atoms with Crippen LogP contribution in [0.2, 0.25) is 0 Å². The van der Waals surface area contributed by atoms with Crippen molar-refractivity contribution < 1.29 is 9.66 Å². The van der Waals surface area contributed by atoms with Gasteiger partial charge in [-0.05, 0) is 77.1 Å². The van der Waals surface area contributed by atoms with Gasteiger partial charge in [-0.1, -0.05) is 108 Å². The van der Waals surface area contributed by atoms with Gasteiger partial charge in [-0.2, -0.15) is 0 Å². The Morgan fingerprint density at radius 1 is 0.830 bits per heavy atom. The van der Waals surface area contributed by atoms with Crippen molar-refractivity contribution in [1.82, 2.24) is 9.13 Å². The molecule has 1 aliphatic carbocycles. The lowest BCUT2D eigenvalue weighted by Gasteiger charge is -2.30. The number of rotatable bonds is 7. The Kier molecular flexibility index (Phi) is 8.05. The van der Waals surface area contributed by atoms with E-state index in [4.69, 9.17) is 9.73 Å². The van der Waals surface area contributed by atoms with E-state index in [9.17, 15) is 14.9 Å². The van der Waals surface area contributed by atoms with Crippen LogP contribution < -0.4 is 19.6 Å². The summed E-state index contributed by atoms with van der Waals surface area (Å²) in [6.45, 7) is 0. The number of benzene rings is 5. The number of methoxy groups -OCH3 is 1. The normalized spacial score (nSPS) is 15.0. The molecule has 0 bridgehead atoms. The molecule has 0 amide bonds. The summed E-state index contributed by atoms with van der Waals surface area (Å²) in [5.41, 5.74) is 10.6.